The maximum absolute atomic E-state index is 12.8. The minimum atomic E-state index is 0.0470. The van der Waals surface area contributed by atoms with Crippen molar-refractivity contribution < 1.29 is 4.79 Å². The molecule has 0 N–H and O–H groups in total. The van der Waals surface area contributed by atoms with Crippen molar-refractivity contribution in [2.24, 2.45) is 7.05 Å². The van der Waals surface area contributed by atoms with Gasteiger partial charge in [-0.2, -0.15) is 5.10 Å². The van der Waals surface area contributed by atoms with Gasteiger partial charge in [-0.15, -0.1) is 0 Å². The number of pyridine rings is 1. The molecule has 0 spiro atoms. The number of aryl methyl sites for hydroxylation is 1. The molecule has 1 fully saturated rings. The standard InChI is InChI=1S/C16H21N5O/c1-19(2)15-11-12(6-8-17-15)13-5-4-10-21(13)16(22)14-7-9-18-20(14)3/h6-9,11,13H,4-5,10H2,1-3H3/t13-/m1/s1. The Morgan fingerprint density at radius 3 is 2.82 bits per heavy atom. The number of hydrogen-bond acceptors (Lipinski definition) is 4. The third-order valence-electron chi connectivity index (χ3n) is 4.17. The van der Waals surface area contributed by atoms with E-state index in [1.54, 1.807) is 24.0 Å². The summed E-state index contributed by atoms with van der Waals surface area (Å²) < 4.78 is 1.63. The van der Waals surface area contributed by atoms with Crippen molar-refractivity contribution in [3.63, 3.8) is 0 Å². The molecule has 0 radical (unpaired) electrons. The number of likely N-dealkylation sites (tertiary alicyclic amines) is 1. The van der Waals surface area contributed by atoms with Crippen LogP contribution in [0.1, 0.15) is 34.9 Å². The summed E-state index contributed by atoms with van der Waals surface area (Å²) in [5, 5.41) is 4.10. The molecule has 1 saturated heterocycles. The van der Waals surface area contributed by atoms with Crippen molar-refractivity contribution in [2.75, 3.05) is 25.5 Å². The lowest BCUT2D eigenvalue weighted by molar-refractivity contribution is 0.0724. The highest BCUT2D eigenvalue weighted by Gasteiger charge is 2.32. The van der Waals surface area contributed by atoms with Gasteiger partial charge in [0.2, 0.25) is 0 Å². The first-order valence-electron chi connectivity index (χ1n) is 7.50. The average molecular weight is 299 g/mol. The summed E-state index contributed by atoms with van der Waals surface area (Å²) in [6.07, 6.45) is 5.49. The van der Waals surface area contributed by atoms with E-state index in [0.29, 0.717) is 5.69 Å². The molecule has 116 valence electrons. The number of amides is 1. The van der Waals surface area contributed by atoms with E-state index >= 15 is 0 Å². The number of hydrogen-bond donors (Lipinski definition) is 0. The van der Waals surface area contributed by atoms with Gasteiger partial charge >= 0.3 is 0 Å². The Labute approximate surface area is 130 Å². The molecule has 1 amide bonds. The molecule has 6 heteroatoms. The smallest absolute Gasteiger partial charge is 0.272 e. The molecule has 22 heavy (non-hydrogen) atoms. The molecule has 2 aromatic rings. The number of anilines is 1. The Morgan fingerprint density at radius 1 is 1.32 bits per heavy atom. The quantitative estimate of drug-likeness (QED) is 0.868. The van der Waals surface area contributed by atoms with E-state index in [2.05, 4.69) is 16.1 Å². The Kier molecular flexibility index (Phi) is 3.83. The average Bonchev–Trinajstić information content (AvgIpc) is 3.15. The first-order valence-corrected chi connectivity index (χ1v) is 7.50. The van der Waals surface area contributed by atoms with E-state index in [9.17, 15) is 4.79 Å². The SMILES string of the molecule is CN(C)c1cc([C@H]2CCCN2C(=O)c2ccnn2C)ccn1. The highest BCUT2D eigenvalue weighted by molar-refractivity contribution is 5.93. The van der Waals surface area contributed by atoms with Crippen molar-refractivity contribution in [3.8, 4) is 0 Å². The summed E-state index contributed by atoms with van der Waals surface area (Å²) in [6.45, 7) is 0.786. The van der Waals surface area contributed by atoms with Crippen LogP contribution in [-0.2, 0) is 7.05 Å². The molecule has 0 aromatic carbocycles. The second kappa shape index (κ2) is 5.79. The van der Waals surface area contributed by atoms with Crippen LogP contribution in [0.2, 0.25) is 0 Å². The molecule has 1 aliphatic heterocycles. The Morgan fingerprint density at radius 2 is 2.14 bits per heavy atom. The lowest BCUT2D eigenvalue weighted by atomic mass is 10.1. The molecule has 0 bridgehead atoms. The minimum Gasteiger partial charge on any atom is -0.363 e. The number of nitrogens with zero attached hydrogens (tertiary/aromatic N) is 5. The summed E-state index contributed by atoms with van der Waals surface area (Å²) in [5.74, 6) is 0.961. The van der Waals surface area contributed by atoms with Crippen LogP contribution in [0.5, 0.6) is 0 Å². The van der Waals surface area contributed by atoms with E-state index in [0.717, 1.165) is 30.8 Å². The molecular weight excluding hydrogens is 278 g/mol. The van der Waals surface area contributed by atoms with E-state index in [1.807, 2.05) is 36.2 Å². The zero-order valence-electron chi connectivity index (χ0n) is 13.2. The van der Waals surface area contributed by atoms with Gasteiger partial charge in [0.15, 0.2) is 0 Å². The molecule has 0 unspecified atom stereocenters. The first-order chi connectivity index (χ1) is 10.6. The number of carbonyl (C=O) groups is 1. The van der Waals surface area contributed by atoms with Gasteiger partial charge in [0, 0.05) is 40.1 Å². The van der Waals surface area contributed by atoms with Gasteiger partial charge in [-0.1, -0.05) is 0 Å². The lowest BCUT2D eigenvalue weighted by Gasteiger charge is -2.25. The molecular formula is C16H21N5O. The minimum absolute atomic E-state index is 0.0470. The van der Waals surface area contributed by atoms with Crippen LogP contribution in [-0.4, -0.2) is 46.2 Å². The fraction of sp³-hybridized carbons (Fsp3) is 0.438. The van der Waals surface area contributed by atoms with Crippen LogP contribution in [0.15, 0.2) is 30.6 Å². The van der Waals surface area contributed by atoms with Gasteiger partial charge in [0.1, 0.15) is 11.5 Å². The topological polar surface area (TPSA) is 54.3 Å². The van der Waals surface area contributed by atoms with Gasteiger partial charge in [-0.05, 0) is 36.6 Å². The predicted octanol–water partition coefficient (Wildman–Crippen LogP) is 1.86. The third kappa shape index (κ3) is 2.56. The molecule has 1 aliphatic rings. The van der Waals surface area contributed by atoms with E-state index in [-0.39, 0.29) is 11.9 Å². The lowest BCUT2D eigenvalue weighted by Crippen LogP contribution is -2.32. The summed E-state index contributed by atoms with van der Waals surface area (Å²) in [4.78, 5) is 21.1. The molecule has 3 heterocycles. The van der Waals surface area contributed by atoms with Gasteiger partial charge in [0.25, 0.3) is 5.91 Å². The number of carbonyl (C=O) groups excluding carboxylic acids is 1. The van der Waals surface area contributed by atoms with E-state index in [1.165, 1.54) is 0 Å². The van der Waals surface area contributed by atoms with Crippen LogP contribution < -0.4 is 4.90 Å². The maximum Gasteiger partial charge on any atom is 0.272 e. The van der Waals surface area contributed by atoms with Crippen LogP contribution in [0, 0.1) is 0 Å². The summed E-state index contributed by atoms with van der Waals surface area (Å²) in [6, 6.07) is 5.96. The highest BCUT2D eigenvalue weighted by Crippen LogP contribution is 2.33. The first kappa shape index (κ1) is 14.6. The Balaban J connectivity index is 1.89. The Hall–Kier alpha value is -2.37. The molecule has 2 aromatic heterocycles. The fourth-order valence-electron chi connectivity index (χ4n) is 2.97. The molecule has 6 nitrogen and oxygen atoms in total. The van der Waals surface area contributed by atoms with E-state index < -0.39 is 0 Å². The zero-order valence-corrected chi connectivity index (χ0v) is 13.2. The van der Waals surface area contributed by atoms with Crippen molar-refractivity contribution in [3.05, 3.63) is 41.9 Å². The van der Waals surface area contributed by atoms with Crippen molar-refractivity contribution in [1.29, 1.82) is 0 Å². The molecule has 0 saturated carbocycles. The van der Waals surface area contributed by atoms with Crippen molar-refractivity contribution >= 4 is 11.7 Å². The molecule has 0 aliphatic carbocycles. The number of aromatic nitrogens is 3. The van der Waals surface area contributed by atoms with Crippen LogP contribution in [0.3, 0.4) is 0 Å². The second-order valence-electron chi connectivity index (χ2n) is 5.84. The normalized spacial score (nSPS) is 17.8. The third-order valence-corrected chi connectivity index (χ3v) is 4.17. The Bertz CT molecular complexity index is 679. The predicted molar refractivity (Wildman–Crippen MR) is 84.8 cm³/mol. The van der Waals surface area contributed by atoms with Gasteiger partial charge in [-0.25, -0.2) is 4.98 Å². The highest BCUT2D eigenvalue weighted by atomic mass is 16.2. The maximum atomic E-state index is 12.8. The largest absolute Gasteiger partial charge is 0.363 e. The number of rotatable bonds is 3. The molecule has 1 atom stereocenters. The van der Waals surface area contributed by atoms with Gasteiger partial charge in [-0.3, -0.25) is 9.48 Å². The zero-order chi connectivity index (χ0) is 15.7. The van der Waals surface area contributed by atoms with Gasteiger partial charge < -0.3 is 9.80 Å². The van der Waals surface area contributed by atoms with Crippen molar-refractivity contribution in [1.82, 2.24) is 19.7 Å². The second-order valence-corrected chi connectivity index (χ2v) is 5.84. The monoisotopic (exact) mass is 299 g/mol. The van der Waals surface area contributed by atoms with Crippen molar-refractivity contribution in [2.45, 2.75) is 18.9 Å². The molecule has 3 rings (SSSR count). The summed E-state index contributed by atoms with van der Waals surface area (Å²) >= 11 is 0. The van der Waals surface area contributed by atoms with Crippen LogP contribution in [0.25, 0.3) is 0 Å². The van der Waals surface area contributed by atoms with E-state index in [4.69, 9.17) is 0 Å². The van der Waals surface area contributed by atoms with Gasteiger partial charge in [0.05, 0.1) is 6.04 Å². The summed E-state index contributed by atoms with van der Waals surface area (Å²) in [5.41, 5.74) is 1.78. The fourth-order valence-corrected chi connectivity index (χ4v) is 2.97. The van der Waals surface area contributed by atoms with Crippen LogP contribution >= 0.6 is 0 Å². The van der Waals surface area contributed by atoms with Crippen LogP contribution in [0.4, 0.5) is 5.82 Å². The summed E-state index contributed by atoms with van der Waals surface area (Å²) in [7, 11) is 5.74.